The Balaban J connectivity index is 1.57. The number of carbonyl (C=O) groups is 1. The lowest BCUT2D eigenvalue weighted by molar-refractivity contribution is -0.140. The minimum Gasteiger partial charge on any atom is -0.444 e. The summed E-state index contributed by atoms with van der Waals surface area (Å²) in [6.07, 6.45) is 5.62. The molecule has 6 nitrogen and oxygen atoms in total. The topological polar surface area (TPSA) is 71.8 Å². The van der Waals surface area contributed by atoms with E-state index in [1.165, 1.54) is 0 Å². The van der Waals surface area contributed by atoms with Gasteiger partial charge in [-0.25, -0.2) is 4.79 Å². The average Bonchev–Trinajstić information content (AvgIpc) is 3.21. The third kappa shape index (κ3) is 4.46. The van der Waals surface area contributed by atoms with Crippen molar-refractivity contribution < 1.29 is 14.6 Å². The molecule has 32 heavy (non-hydrogen) atoms. The molecular formula is C26H34N2O4. The summed E-state index contributed by atoms with van der Waals surface area (Å²) in [4.78, 5) is 27.4. The Bertz CT molecular complexity index is 1020. The fourth-order valence-electron chi connectivity index (χ4n) is 5.31. The first-order chi connectivity index (χ1) is 15.1. The van der Waals surface area contributed by atoms with E-state index in [1.807, 2.05) is 57.2 Å². The molecule has 0 unspecified atom stereocenters. The van der Waals surface area contributed by atoms with Gasteiger partial charge in [-0.2, -0.15) is 0 Å². The number of ether oxygens (including phenoxy) is 1. The zero-order valence-electron chi connectivity index (χ0n) is 19.3. The molecule has 0 bridgehead atoms. The first-order valence-electron chi connectivity index (χ1n) is 11.6. The lowest BCUT2D eigenvalue weighted by Crippen LogP contribution is -2.62. The molecule has 2 heterocycles. The molecule has 1 saturated heterocycles. The Hall–Kier alpha value is -2.60. The first-order valence-corrected chi connectivity index (χ1v) is 11.6. The van der Waals surface area contributed by atoms with Crippen LogP contribution in [0.15, 0.2) is 53.5 Å². The summed E-state index contributed by atoms with van der Waals surface area (Å²) in [6, 6.07) is 13.4. The zero-order valence-corrected chi connectivity index (χ0v) is 19.3. The highest BCUT2D eigenvalue weighted by Gasteiger charge is 2.56. The molecule has 1 atom stereocenters. The molecule has 1 N–H and O–H groups in total. The summed E-state index contributed by atoms with van der Waals surface area (Å²) in [6.45, 7) is 6.72. The number of likely N-dealkylation sites (tertiary alicyclic amines) is 1. The van der Waals surface area contributed by atoms with Crippen LogP contribution < -0.4 is 5.56 Å². The minimum absolute atomic E-state index is 0.123. The van der Waals surface area contributed by atoms with E-state index in [9.17, 15) is 14.7 Å². The molecule has 2 aliphatic rings. The third-order valence-corrected chi connectivity index (χ3v) is 7.02. The van der Waals surface area contributed by atoms with Crippen molar-refractivity contribution in [3.63, 3.8) is 0 Å². The van der Waals surface area contributed by atoms with E-state index < -0.39 is 16.6 Å². The average molecular weight is 439 g/mol. The monoisotopic (exact) mass is 438 g/mol. The molecule has 1 saturated carbocycles. The van der Waals surface area contributed by atoms with E-state index in [0.29, 0.717) is 19.5 Å². The van der Waals surface area contributed by atoms with E-state index in [4.69, 9.17) is 4.74 Å². The molecule has 1 aromatic heterocycles. The SMILES string of the molecule is CC(C)(C)OC(=O)N1CC[C@@](O)(Cn2ccc(-c3ccccc3)cc2=O)C2(CCCC2)C1. The molecule has 2 fully saturated rings. The van der Waals surface area contributed by atoms with Crippen LogP contribution in [0.2, 0.25) is 0 Å². The van der Waals surface area contributed by atoms with Crippen LogP contribution in [0.25, 0.3) is 11.1 Å². The van der Waals surface area contributed by atoms with Crippen LogP contribution in [-0.2, 0) is 11.3 Å². The maximum atomic E-state index is 12.9. The van der Waals surface area contributed by atoms with Gasteiger partial charge in [-0.15, -0.1) is 0 Å². The molecule has 1 amide bonds. The fourth-order valence-corrected chi connectivity index (χ4v) is 5.31. The number of hydrogen-bond donors (Lipinski definition) is 1. The quantitative estimate of drug-likeness (QED) is 0.769. The van der Waals surface area contributed by atoms with Crippen LogP contribution in [0.5, 0.6) is 0 Å². The molecule has 6 heteroatoms. The highest BCUT2D eigenvalue weighted by Crippen LogP contribution is 2.51. The molecule has 172 valence electrons. The Morgan fingerprint density at radius 1 is 1.06 bits per heavy atom. The molecular weight excluding hydrogens is 404 g/mol. The van der Waals surface area contributed by atoms with Gasteiger partial charge in [0.05, 0.1) is 12.1 Å². The summed E-state index contributed by atoms with van der Waals surface area (Å²) < 4.78 is 7.21. The molecule has 1 aromatic carbocycles. The van der Waals surface area contributed by atoms with E-state index in [1.54, 1.807) is 21.7 Å². The van der Waals surface area contributed by atoms with Crippen LogP contribution in [0.1, 0.15) is 52.9 Å². The maximum Gasteiger partial charge on any atom is 0.410 e. The van der Waals surface area contributed by atoms with Crippen molar-refractivity contribution in [2.75, 3.05) is 13.1 Å². The number of amides is 1. The molecule has 1 aliphatic carbocycles. The summed E-state index contributed by atoms with van der Waals surface area (Å²) in [5.74, 6) is 0. The van der Waals surface area contributed by atoms with Gasteiger partial charge < -0.3 is 19.3 Å². The predicted octanol–water partition coefficient (Wildman–Crippen LogP) is 4.45. The van der Waals surface area contributed by atoms with E-state index in [0.717, 1.165) is 36.8 Å². The van der Waals surface area contributed by atoms with Crippen LogP contribution in [-0.4, -0.2) is 45.0 Å². The fraction of sp³-hybridized carbons (Fsp3) is 0.538. The third-order valence-electron chi connectivity index (χ3n) is 7.02. The second kappa shape index (κ2) is 8.39. The molecule has 1 spiro atoms. The summed E-state index contributed by atoms with van der Waals surface area (Å²) in [5.41, 5.74) is -0.272. The standard InChI is InChI=1S/C26H34N2O4/c1-24(2,3)32-23(30)28-16-14-26(31,25(18-28)12-7-8-13-25)19-27-15-11-21(17-22(27)29)20-9-5-4-6-10-20/h4-6,9-11,15,17,31H,7-8,12-14,16,18-19H2,1-3H3/t26-/m1/s1. The van der Waals surface area contributed by atoms with E-state index in [-0.39, 0.29) is 18.2 Å². The number of rotatable bonds is 3. The Morgan fingerprint density at radius 3 is 2.38 bits per heavy atom. The van der Waals surface area contributed by atoms with Crippen molar-refractivity contribution in [2.45, 2.75) is 70.6 Å². The van der Waals surface area contributed by atoms with E-state index in [2.05, 4.69) is 0 Å². The Kier molecular flexibility index (Phi) is 5.93. The lowest BCUT2D eigenvalue weighted by atomic mass is 9.66. The number of carbonyl (C=O) groups excluding carboxylic acids is 1. The van der Waals surface area contributed by atoms with Gasteiger partial charge in [0, 0.05) is 30.8 Å². The maximum absolute atomic E-state index is 12.9. The Morgan fingerprint density at radius 2 is 1.75 bits per heavy atom. The second-order valence-electron chi connectivity index (χ2n) is 10.4. The van der Waals surface area contributed by atoms with Gasteiger partial charge in [-0.3, -0.25) is 4.79 Å². The van der Waals surface area contributed by atoms with Gasteiger partial charge in [0.25, 0.3) is 5.56 Å². The second-order valence-corrected chi connectivity index (χ2v) is 10.4. The van der Waals surface area contributed by atoms with Gasteiger partial charge >= 0.3 is 6.09 Å². The molecule has 0 radical (unpaired) electrons. The van der Waals surface area contributed by atoms with Crippen molar-refractivity contribution in [3.8, 4) is 11.1 Å². The highest BCUT2D eigenvalue weighted by atomic mass is 16.6. The minimum atomic E-state index is -1.04. The van der Waals surface area contributed by atoms with Gasteiger partial charge in [-0.05, 0) is 57.2 Å². The van der Waals surface area contributed by atoms with Crippen molar-refractivity contribution >= 4 is 6.09 Å². The van der Waals surface area contributed by atoms with Crippen molar-refractivity contribution in [1.29, 1.82) is 0 Å². The van der Waals surface area contributed by atoms with Crippen molar-refractivity contribution in [2.24, 2.45) is 5.41 Å². The van der Waals surface area contributed by atoms with Gasteiger partial charge in [0.15, 0.2) is 0 Å². The first kappa shape index (κ1) is 22.6. The van der Waals surface area contributed by atoms with Crippen molar-refractivity contribution in [3.05, 3.63) is 59.0 Å². The van der Waals surface area contributed by atoms with Crippen LogP contribution in [0.4, 0.5) is 4.79 Å². The smallest absolute Gasteiger partial charge is 0.410 e. The van der Waals surface area contributed by atoms with Gasteiger partial charge in [-0.1, -0.05) is 43.2 Å². The predicted molar refractivity (Wildman–Crippen MR) is 124 cm³/mol. The van der Waals surface area contributed by atoms with Gasteiger partial charge in [0.1, 0.15) is 5.60 Å². The van der Waals surface area contributed by atoms with Crippen LogP contribution in [0.3, 0.4) is 0 Å². The number of aromatic nitrogens is 1. The Labute approximate surface area is 189 Å². The number of hydrogen-bond acceptors (Lipinski definition) is 4. The number of benzene rings is 1. The molecule has 2 aromatic rings. The largest absolute Gasteiger partial charge is 0.444 e. The zero-order chi connectivity index (χ0) is 23.0. The summed E-state index contributed by atoms with van der Waals surface area (Å²) in [5, 5.41) is 11.9. The normalized spacial score (nSPS) is 22.8. The number of pyridine rings is 1. The van der Waals surface area contributed by atoms with E-state index >= 15 is 0 Å². The summed E-state index contributed by atoms with van der Waals surface area (Å²) in [7, 11) is 0. The number of piperidine rings is 1. The summed E-state index contributed by atoms with van der Waals surface area (Å²) >= 11 is 0. The van der Waals surface area contributed by atoms with Gasteiger partial charge in [0.2, 0.25) is 0 Å². The lowest BCUT2D eigenvalue weighted by Gasteiger charge is -2.52. The molecule has 1 aliphatic heterocycles. The number of nitrogens with zero attached hydrogens (tertiary/aromatic N) is 2. The van der Waals surface area contributed by atoms with Crippen molar-refractivity contribution in [1.82, 2.24) is 9.47 Å². The van der Waals surface area contributed by atoms with Crippen LogP contribution in [0, 0.1) is 5.41 Å². The highest BCUT2D eigenvalue weighted by molar-refractivity contribution is 5.68. The molecule has 4 rings (SSSR count). The number of aliphatic hydroxyl groups is 1. The van der Waals surface area contributed by atoms with Crippen LogP contribution >= 0.6 is 0 Å².